The summed E-state index contributed by atoms with van der Waals surface area (Å²) in [5.41, 5.74) is 0. The second kappa shape index (κ2) is 3.56. The van der Waals surface area contributed by atoms with Gasteiger partial charge in [-0.3, -0.25) is 0 Å². The highest BCUT2D eigenvalue weighted by molar-refractivity contribution is 4.95. The first-order chi connectivity index (χ1) is 6.18. The van der Waals surface area contributed by atoms with Crippen LogP contribution in [0.25, 0.3) is 0 Å². The standard InChI is InChI=1S/C10H18O3/c1-6(2)13-9-4-3-7-8(11)5-12-10(7)9/h6-11H,3-5H2,1-2H3/t7-,8-,9-,10+/m1/s1. The zero-order valence-corrected chi connectivity index (χ0v) is 8.27. The first-order valence-electron chi connectivity index (χ1n) is 5.13. The van der Waals surface area contributed by atoms with Crippen molar-refractivity contribution >= 4 is 0 Å². The fourth-order valence-corrected chi connectivity index (χ4v) is 2.43. The molecule has 3 nitrogen and oxygen atoms in total. The largest absolute Gasteiger partial charge is 0.390 e. The second-order valence-corrected chi connectivity index (χ2v) is 4.33. The number of rotatable bonds is 2. The summed E-state index contributed by atoms with van der Waals surface area (Å²) in [6, 6.07) is 0. The predicted molar refractivity (Wildman–Crippen MR) is 48.5 cm³/mol. The van der Waals surface area contributed by atoms with Gasteiger partial charge in [-0.2, -0.15) is 0 Å². The third-order valence-corrected chi connectivity index (χ3v) is 2.97. The van der Waals surface area contributed by atoms with Crippen LogP contribution < -0.4 is 0 Å². The molecule has 1 aliphatic carbocycles. The maximum absolute atomic E-state index is 9.57. The molecule has 0 bridgehead atoms. The van der Waals surface area contributed by atoms with Crippen molar-refractivity contribution in [1.29, 1.82) is 0 Å². The molecule has 76 valence electrons. The number of aliphatic hydroxyl groups is 1. The summed E-state index contributed by atoms with van der Waals surface area (Å²) in [6.45, 7) is 4.57. The Hall–Kier alpha value is -0.120. The zero-order valence-electron chi connectivity index (χ0n) is 8.27. The Bertz CT molecular complexity index is 181. The van der Waals surface area contributed by atoms with E-state index in [4.69, 9.17) is 9.47 Å². The molecule has 1 heterocycles. The van der Waals surface area contributed by atoms with Crippen molar-refractivity contribution < 1.29 is 14.6 Å². The van der Waals surface area contributed by atoms with Crippen LogP contribution in [0.1, 0.15) is 26.7 Å². The maximum atomic E-state index is 9.57. The fraction of sp³-hybridized carbons (Fsp3) is 1.00. The average Bonchev–Trinajstić information content (AvgIpc) is 2.56. The highest BCUT2D eigenvalue weighted by Gasteiger charge is 2.46. The Morgan fingerprint density at radius 3 is 2.85 bits per heavy atom. The quantitative estimate of drug-likeness (QED) is 0.698. The topological polar surface area (TPSA) is 38.7 Å². The van der Waals surface area contributed by atoms with Gasteiger partial charge in [0.1, 0.15) is 0 Å². The number of hydrogen-bond acceptors (Lipinski definition) is 3. The molecule has 4 atom stereocenters. The molecule has 1 saturated heterocycles. The van der Waals surface area contributed by atoms with Gasteiger partial charge in [-0.05, 0) is 26.7 Å². The summed E-state index contributed by atoms with van der Waals surface area (Å²) in [6.07, 6.45) is 2.43. The highest BCUT2D eigenvalue weighted by Crippen LogP contribution is 2.38. The van der Waals surface area contributed by atoms with Crippen molar-refractivity contribution in [2.45, 2.75) is 51.1 Å². The number of fused-ring (bicyclic) bond motifs is 1. The van der Waals surface area contributed by atoms with E-state index in [9.17, 15) is 5.11 Å². The summed E-state index contributed by atoms with van der Waals surface area (Å²) < 4.78 is 11.3. The summed E-state index contributed by atoms with van der Waals surface area (Å²) in [5.74, 6) is 0.323. The lowest BCUT2D eigenvalue weighted by Gasteiger charge is -2.20. The molecule has 2 fully saturated rings. The van der Waals surface area contributed by atoms with Gasteiger partial charge in [0.05, 0.1) is 31.0 Å². The lowest BCUT2D eigenvalue weighted by Crippen LogP contribution is -2.29. The molecule has 0 aromatic carbocycles. The van der Waals surface area contributed by atoms with Crippen LogP contribution in [0.4, 0.5) is 0 Å². The monoisotopic (exact) mass is 186 g/mol. The van der Waals surface area contributed by atoms with Gasteiger partial charge in [0.25, 0.3) is 0 Å². The normalized spacial score (nSPS) is 44.3. The number of aliphatic hydroxyl groups excluding tert-OH is 1. The van der Waals surface area contributed by atoms with E-state index in [0.29, 0.717) is 12.5 Å². The third kappa shape index (κ3) is 1.73. The molecule has 0 aromatic rings. The molecule has 2 rings (SSSR count). The van der Waals surface area contributed by atoms with Gasteiger partial charge in [0.15, 0.2) is 0 Å². The van der Waals surface area contributed by atoms with Crippen molar-refractivity contribution in [3.8, 4) is 0 Å². The minimum Gasteiger partial charge on any atom is -0.390 e. The minimum absolute atomic E-state index is 0.150. The van der Waals surface area contributed by atoms with Crippen LogP contribution in [0.3, 0.4) is 0 Å². The van der Waals surface area contributed by atoms with Crippen molar-refractivity contribution in [1.82, 2.24) is 0 Å². The first kappa shape index (κ1) is 9.44. The lowest BCUT2D eigenvalue weighted by atomic mass is 10.0. The van der Waals surface area contributed by atoms with E-state index in [1.807, 2.05) is 13.8 Å². The SMILES string of the molecule is CC(C)O[C@@H]1CC[C@H]2[C@@H]1OC[C@H]2O. The van der Waals surface area contributed by atoms with Gasteiger partial charge in [-0.1, -0.05) is 0 Å². The molecule has 13 heavy (non-hydrogen) atoms. The van der Waals surface area contributed by atoms with Gasteiger partial charge in [0.2, 0.25) is 0 Å². The lowest BCUT2D eigenvalue weighted by molar-refractivity contribution is -0.0648. The van der Waals surface area contributed by atoms with E-state index in [2.05, 4.69) is 0 Å². The fourth-order valence-electron chi connectivity index (χ4n) is 2.43. The van der Waals surface area contributed by atoms with Gasteiger partial charge < -0.3 is 14.6 Å². The Morgan fingerprint density at radius 1 is 1.38 bits per heavy atom. The van der Waals surface area contributed by atoms with E-state index in [0.717, 1.165) is 12.8 Å². The smallest absolute Gasteiger partial charge is 0.0891 e. The van der Waals surface area contributed by atoms with E-state index < -0.39 is 0 Å². The molecule has 1 aliphatic heterocycles. The summed E-state index contributed by atoms with van der Waals surface area (Å²) >= 11 is 0. The predicted octanol–water partition coefficient (Wildman–Crippen LogP) is 0.950. The molecule has 3 heteroatoms. The summed E-state index contributed by atoms with van der Waals surface area (Å²) in [7, 11) is 0. The summed E-state index contributed by atoms with van der Waals surface area (Å²) in [4.78, 5) is 0. The minimum atomic E-state index is -0.259. The van der Waals surface area contributed by atoms with E-state index in [1.165, 1.54) is 0 Å². The van der Waals surface area contributed by atoms with Crippen LogP contribution in [0, 0.1) is 5.92 Å². The van der Waals surface area contributed by atoms with Crippen LogP contribution >= 0.6 is 0 Å². The van der Waals surface area contributed by atoms with Crippen LogP contribution in [0.2, 0.25) is 0 Å². The van der Waals surface area contributed by atoms with Gasteiger partial charge in [0, 0.05) is 5.92 Å². The molecular weight excluding hydrogens is 168 g/mol. The summed E-state index contributed by atoms with van der Waals surface area (Å²) in [5, 5.41) is 9.57. The first-order valence-corrected chi connectivity index (χ1v) is 5.13. The van der Waals surface area contributed by atoms with Crippen LogP contribution in [0.5, 0.6) is 0 Å². The van der Waals surface area contributed by atoms with Crippen LogP contribution in [-0.4, -0.2) is 36.1 Å². The molecule has 0 spiro atoms. The molecule has 0 aromatic heterocycles. The van der Waals surface area contributed by atoms with Crippen LogP contribution in [0.15, 0.2) is 0 Å². The molecule has 0 radical (unpaired) electrons. The molecule has 1 N–H and O–H groups in total. The van der Waals surface area contributed by atoms with Crippen molar-refractivity contribution in [2.24, 2.45) is 5.92 Å². The number of ether oxygens (including phenoxy) is 2. The Balaban J connectivity index is 1.94. The zero-order chi connectivity index (χ0) is 9.42. The molecule has 0 unspecified atom stereocenters. The average molecular weight is 186 g/mol. The third-order valence-electron chi connectivity index (χ3n) is 2.97. The second-order valence-electron chi connectivity index (χ2n) is 4.33. The Kier molecular flexibility index (Phi) is 2.58. The Morgan fingerprint density at radius 2 is 2.15 bits per heavy atom. The van der Waals surface area contributed by atoms with Gasteiger partial charge in [-0.25, -0.2) is 0 Å². The molecule has 2 aliphatic rings. The van der Waals surface area contributed by atoms with Crippen molar-refractivity contribution in [3.63, 3.8) is 0 Å². The highest BCUT2D eigenvalue weighted by atomic mass is 16.6. The maximum Gasteiger partial charge on any atom is 0.0891 e. The van der Waals surface area contributed by atoms with Gasteiger partial charge >= 0.3 is 0 Å². The van der Waals surface area contributed by atoms with Gasteiger partial charge in [-0.15, -0.1) is 0 Å². The van der Waals surface area contributed by atoms with E-state index in [1.54, 1.807) is 0 Å². The number of hydrogen-bond donors (Lipinski definition) is 1. The molecule has 0 amide bonds. The molecular formula is C10H18O3. The van der Waals surface area contributed by atoms with E-state index in [-0.39, 0.29) is 24.4 Å². The van der Waals surface area contributed by atoms with Crippen LogP contribution in [-0.2, 0) is 9.47 Å². The van der Waals surface area contributed by atoms with Crippen molar-refractivity contribution in [3.05, 3.63) is 0 Å². The van der Waals surface area contributed by atoms with Crippen molar-refractivity contribution in [2.75, 3.05) is 6.61 Å². The molecule has 1 saturated carbocycles. The Labute approximate surface area is 79.0 Å². The van der Waals surface area contributed by atoms with E-state index >= 15 is 0 Å².